The van der Waals surface area contributed by atoms with Gasteiger partial charge in [0.05, 0.1) is 0 Å². The summed E-state index contributed by atoms with van der Waals surface area (Å²) in [5, 5.41) is 0. The maximum Gasteiger partial charge on any atom is 0.0224 e. The first-order chi connectivity index (χ1) is 4.29. The van der Waals surface area contributed by atoms with Crippen LogP contribution < -0.4 is 0 Å². The summed E-state index contributed by atoms with van der Waals surface area (Å²) in [6.45, 7) is 8.20. The molecular formula is C8H17N. The molecule has 1 nitrogen and oxygen atoms in total. The van der Waals surface area contributed by atoms with Gasteiger partial charge in [0.1, 0.15) is 0 Å². The van der Waals surface area contributed by atoms with Crippen LogP contribution in [0.15, 0.2) is 0 Å². The van der Waals surface area contributed by atoms with Crippen molar-refractivity contribution in [2.75, 3.05) is 6.54 Å². The van der Waals surface area contributed by atoms with Crippen LogP contribution in [0.2, 0.25) is 0 Å². The zero-order valence-corrected chi connectivity index (χ0v) is 6.72. The van der Waals surface area contributed by atoms with Crippen LogP contribution in [0, 0.1) is 0 Å². The Hall–Kier alpha value is -0.0400. The number of hydrogen-bond acceptors (Lipinski definition) is 1. The van der Waals surface area contributed by atoms with E-state index in [-0.39, 0.29) is 0 Å². The van der Waals surface area contributed by atoms with Gasteiger partial charge in [0.15, 0.2) is 0 Å². The van der Waals surface area contributed by atoms with Gasteiger partial charge in [0.25, 0.3) is 0 Å². The topological polar surface area (TPSA) is 3.01 Å². The Kier molecular flexibility index (Phi) is 2.12. The van der Waals surface area contributed by atoms with Crippen molar-refractivity contribution in [1.29, 1.82) is 0 Å². The lowest BCUT2D eigenvalue weighted by Gasteiger charge is -2.09. The molecule has 0 aromatic rings. The maximum absolute atomic E-state index is 2.57. The third kappa shape index (κ3) is 1.45. The van der Waals surface area contributed by atoms with Crippen LogP contribution in [0.25, 0.3) is 0 Å². The minimum atomic E-state index is 0.829. The fourth-order valence-electron chi connectivity index (χ4n) is 1.33. The second-order valence-electron chi connectivity index (χ2n) is 3.02. The van der Waals surface area contributed by atoms with E-state index in [0.717, 1.165) is 12.1 Å². The molecule has 9 heavy (non-hydrogen) atoms. The van der Waals surface area contributed by atoms with Crippen molar-refractivity contribution in [3.63, 3.8) is 0 Å². The van der Waals surface area contributed by atoms with E-state index >= 15 is 0 Å². The Labute approximate surface area is 58.0 Å². The second-order valence-corrected chi connectivity index (χ2v) is 3.02. The molecule has 0 aromatic heterocycles. The van der Waals surface area contributed by atoms with Crippen LogP contribution in [-0.2, 0) is 0 Å². The monoisotopic (exact) mass is 127 g/mol. The van der Waals surface area contributed by atoms with Crippen LogP contribution in [0.5, 0.6) is 0 Å². The average Bonchev–Trinajstić information content (AvgIpc) is 2.64. The molecule has 0 saturated carbocycles. The molecule has 0 spiro atoms. The van der Waals surface area contributed by atoms with Crippen molar-refractivity contribution in [3.8, 4) is 0 Å². The van der Waals surface area contributed by atoms with Gasteiger partial charge in [-0.15, -0.1) is 0 Å². The summed E-state index contributed by atoms with van der Waals surface area (Å²) >= 11 is 0. The lowest BCUT2D eigenvalue weighted by molar-refractivity contribution is 0.381. The van der Waals surface area contributed by atoms with Gasteiger partial charge in [-0.1, -0.05) is 13.8 Å². The van der Waals surface area contributed by atoms with E-state index in [0.29, 0.717) is 0 Å². The van der Waals surface area contributed by atoms with Gasteiger partial charge in [-0.25, -0.2) is 0 Å². The minimum absolute atomic E-state index is 0.829. The van der Waals surface area contributed by atoms with Crippen molar-refractivity contribution in [2.45, 2.75) is 45.7 Å². The average molecular weight is 127 g/mol. The molecule has 0 amide bonds. The van der Waals surface area contributed by atoms with E-state index in [1.54, 1.807) is 0 Å². The Morgan fingerprint density at radius 2 is 2.22 bits per heavy atom. The smallest absolute Gasteiger partial charge is 0.0224 e. The lowest BCUT2D eigenvalue weighted by atomic mass is 10.2. The zero-order chi connectivity index (χ0) is 6.85. The molecule has 1 saturated heterocycles. The molecule has 0 aliphatic carbocycles. The second kappa shape index (κ2) is 2.70. The van der Waals surface area contributed by atoms with Crippen LogP contribution in [0.4, 0.5) is 0 Å². The van der Waals surface area contributed by atoms with Crippen molar-refractivity contribution < 1.29 is 0 Å². The number of rotatable bonds is 3. The maximum atomic E-state index is 2.57. The fraction of sp³-hybridized carbons (Fsp3) is 1.00. The van der Waals surface area contributed by atoms with Gasteiger partial charge < -0.3 is 0 Å². The van der Waals surface area contributed by atoms with Gasteiger partial charge in [-0.3, -0.25) is 4.90 Å². The molecule has 1 heteroatoms. The van der Waals surface area contributed by atoms with Crippen LogP contribution in [0.1, 0.15) is 33.6 Å². The first-order valence-electron chi connectivity index (χ1n) is 4.05. The predicted octanol–water partition coefficient (Wildman–Crippen LogP) is 1.88. The first-order valence-corrected chi connectivity index (χ1v) is 4.05. The fourth-order valence-corrected chi connectivity index (χ4v) is 1.33. The highest BCUT2D eigenvalue weighted by molar-refractivity contribution is 4.90. The van der Waals surface area contributed by atoms with Gasteiger partial charge >= 0.3 is 0 Å². The van der Waals surface area contributed by atoms with Crippen LogP contribution in [-0.4, -0.2) is 23.5 Å². The molecule has 0 bridgehead atoms. The van der Waals surface area contributed by atoms with Crippen molar-refractivity contribution >= 4 is 0 Å². The molecule has 3 unspecified atom stereocenters. The summed E-state index contributed by atoms with van der Waals surface area (Å²) in [6.07, 6.45) is 2.64. The van der Waals surface area contributed by atoms with E-state index in [1.807, 2.05) is 0 Å². The molecule has 1 fully saturated rings. The van der Waals surface area contributed by atoms with Crippen molar-refractivity contribution in [2.24, 2.45) is 0 Å². The molecule has 1 aliphatic rings. The number of nitrogens with zero attached hydrogens (tertiary/aromatic N) is 1. The molecule has 1 heterocycles. The summed E-state index contributed by atoms with van der Waals surface area (Å²) in [4.78, 5) is 2.57. The molecule has 0 N–H and O–H groups in total. The molecule has 0 radical (unpaired) electrons. The third-order valence-corrected chi connectivity index (χ3v) is 2.39. The van der Waals surface area contributed by atoms with Gasteiger partial charge in [-0.05, 0) is 19.8 Å². The molecule has 1 aliphatic heterocycles. The summed E-state index contributed by atoms with van der Waals surface area (Å²) in [5.74, 6) is 0. The molecule has 54 valence electrons. The first kappa shape index (κ1) is 7.07. The SMILES string of the molecule is CCC(C)N1CC1CC. The summed E-state index contributed by atoms with van der Waals surface area (Å²) in [6, 6.07) is 1.76. The molecule has 1 rings (SSSR count). The highest BCUT2D eigenvalue weighted by Gasteiger charge is 2.34. The van der Waals surface area contributed by atoms with E-state index in [4.69, 9.17) is 0 Å². The Balaban J connectivity index is 2.17. The third-order valence-electron chi connectivity index (χ3n) is 2.39. The van der Waals surface area contributed by atoms with E-state index in [1.165, 1.54) is 19.4 Å². The standard InChI is InChI=1S/C8H17N/c1-4-7(3)9-6-8(9)5-2/h7-8H,4-6H2,1-3H3. The van der Waals surface area contributed by atoms with Crippen LogP contribution in [0.3, 0.4) is 0 Å². The highest BCUT2D eigenvalue weighted by atomic mass is 15.3. The van der Waals surface area contributed by atoms with E-state index in [9.17, 15) is 0 Å². The predicted molar refractivity (Wildman–Crippen MR) is 40.5 cm³/mol. The van der Waals surface area contributed by atoms with Gasteiger partial charge in [0, 0.05) is 18.6 Å². The largest absolute Gasteiger partial charge is 0.295 e. The van der Waals surface area contributed by atoms with E-state index in [2.05, 4.69) is 25.7 Å². The Bertz CT molecular complexity index is 90.6. The molecule has 0 aromatic carbocycles. The highest BCUT2D eigenvalue weighted by Crippen LogP contribution is 2.24. The van der Waals surface area contributed by atoms with Crippen molar-refractivity contribution in [1.82, 2.24) is 4.90 Å². The van der Waals surface area contributed by atoms with E-state index < -0.39 is 0 Å². The molecular weight excluding hydrogens is 110 g/mol. The van der Waals surface area contributed by atoms with Crippen LogP contribution >= 0.6 is 0 Å². The summed E-state index contributed by atoms with van der Waals surface area (Å²) in [7, 11) is 0. The van der Waals surface area contributed by atoms with Crippen molar-refractivity contribution in [3.05, 3.63) is 0 Å². The quantitative estimate of drug-likeness (QED) is 0.523. The van der Waals surface area contributed by atoms with Gasteiger partial charge in [-0.2, -0.15) is 0 Å². The Morgan fingerprint density at radius 1 is 1.56 bits per heavy atom. The Morgan fingerprint density at radius 3 is 2.56 bits per heavy atom. The molecule has 3 atom stereocenters. The normalized spacial score (nSPS) is 36.3. The number of hydrogen-bond donors (Lipinski definition) is 0. The zero-order valence-electron chi connectivity index (χ0n) is 6.72. The minimum Gasteiger partial charge on any atom is -0.295 e. The lowest BCUT2D eigenvalue weighted by Crippen LogP contribution is -2.14. The van der Waals surface area contributed by atoms with Gasteiger partial charge in [0.2, 0.25) is 0 Å². The summed E-state index contributed by atoms with van der Waals surface area (Å²) in [5.41, 5.74) is 0. The summed E-state index contributed by atoms with van der Waals surface area (Å²) < 4.78 is 0.